The molecule has 0 amide bonds. The van der Waals surface area contributed by atoms with Gasteiger partial charge in [-0.05, 0) is 36.4 Å². The second-order valence-corrected chi connectivity index (χ2v) is 5.91. The van der Waals surface area contributed by atoms with E-state index in [-0.39, 0.29) is 6.61 Å². The number of aliphatic hydroxyl groups excluding tert-OH is 1. The van der Waals surface area contributed by atoms with Crippen LogP contribution in [0.15, 0.2) is 45.5 Å². The van der Waals surface area contributed by atoms with Crippen LogP contribution in [0.3, 0.4) is 0 Å². The van der Waals surface area contributed by atoms with Crippen LogP contribution in [0.4, 0.5) is 0 Å². The molecule has 0 aliphatic carbocycles. The van der Waals surface area contributed by atoms with Crippen molar-refractivity contribution in [2.45, 2.75) is 15.7 Å². The molecule has 0 fully saturated rings. The third-order valence-corrected chi connectivity index (χ3v) is 4.29. The largest absolute Gasteiger partial charge is 0.391 e. The molecule has 0 saturated heterocycles. The number of rotatable bonds is 3. The maximum absolute atomic E-state index is 8.94. The first kappa shape index (κ1) is 11.0. The Bertz CT molecular complexity index is 436. The average molecular weight is 257 g/mol. The van der Waals surface area contributed by atoms with Gasteiger partial charge < -0.3 is 5.11 Å². The molecule has 1 heterocycles. The van der Waals surface area contributed by atoms with Gasteiger partial charge in [0.2, 0.25) is 0 Å². The Morgan fingerprint density at radius 1 is 1.13 bits per heavy atom. The van der Waals surface area contributed by atoms with Gasteiger partial charge in [-0.2, -0.15) is 0 Å². The van der Waals surface area contributed by atoms with Gasteiger partial charge in [-0.25, -0.2) is 0 Å². The molecule has 0 radical (unpaired) electrons. The van der Waals surface area contributed by atoms with Crippen molar-refractivity contribution in [3.63, 3.8) is 0 Å². The maximum Gasteiger partial charge on any atom is 0.0774 e. The summed E-state index contributed by atoms with van der Waals surface area (Å²) in [6.45, 7) is 0.117. The lowest BCUT2D eigenvalue weighted by atomic mass is 10.4. The lowest BCUT2D eigenvalue weighted by molar-refractivity contribution is 0.285. The highest BCUT2D eigenvalue weighted by atomic mass is 35.5. The Hall–Kier alpha value is -0.480. The molecule has 0 unspecified atom stereocenters. The zero-order chi connectivity index (χ0) is 10.7. The van der Waals surface area contributed by atoms with Crippen LogP contribution in [0.5, 0.6) is 0 Å². The van der Waals surface area contributed by atoms with Crippen LogP contribution in [0.1, 0.15) is 4.88 Å². The van der Waals surface area contributed by atoms with Crippen LogP contribution in [0.2, 0.25) is 5.02 Å². The Morgan fingerprint density at radius 3 is 2.47 bits per heavy atom. The van der Waals surface area contributed by atoms with E-state index in [1.807, 2.05) is 36.4 Å². The van der Waals surface area contributed by atoms with E-state index in [0.29, 0.717) is 0 Å². The number of thiophene rings is 1. The van der Waals surface area contributed by atoms with Gasteiger partial charge in [0.15, 0.2) is 0 Å². The van der Waals surface area contributed by atoms with E-state index >= 15 is 0 Å². The molecule has 0 saturated carbocycles. The average Bonchev–Trinajstić information content (AvgIpc) is 2.69. The van der Waals surface area contributed by atoms with E-state index in [2.05, 4.69) is 0 Å². The smallest absolute Gasteiger partial charge is 0.0774 e. The molecule has 0 aliphatic rings. The van der Waals surface area contributed by atoms with Crippen molar-refractivity contribution in [3.8, 4) is 0 Å². The minimum absolute atomic E-state index is 0.117. The minimum atomic E-state index is 0.117. The van der Waals surface area contributed by atoms with Gasteiger partial charge in [0.05, 0.1) is 10.8 Å². The zero-order valence-electron chi connectivity index (χ0n) is 7.81. The van der Waals surface area contributed by atoms with Crippen molar-refractivity contribution in [2.24, 2.45) is 0 Å². The van der Waals surface area contributed by atoms with E-state index < -0.39 is 0 Å². The van der Waals surface area contributed by atoms with Gasteiger partial charge in [0.1, 0.15) is 0 Å². The first-order valence-corrected chi connectivity index (χ1v) is 6.42. The monoisotopic (exact) mass is 256 g/mol. The van der Waals surface area contributed by atoms with Crippen LogP contribution < -0.4 is 0 Å². The number of hydrogen-bond donors (Lipinski definition) is 1. The molecule has 2 rings (SSSR count). The molecule has 1 aromatic carbocycles. The summed E-state index contributed by atoms with van der Waals surface area (Å²) in [7, 11) is 0. The Labute approximate surface area is 102 Å². The van der Waals surface area contributed by atoms with Gasteiger partial charge >= 0.3 is 0 Å². The predicted molar refractivity (Wildman–Crippen MR) is 65.8 cm³/mol. The van der Waals surface area contributed by atoms with E-state index in [1.54, 1.807) is 23.1 Å². The molecule has 0 bridgehead atoms. The van der Waals surface area contributed by atoms with E-state index in [4.69, 9.17) is 16.7 Å². The van der Waals surface area contributed by atoms with Gasteiger partial charge in [0.25, 0.3) is 0 Å². The summed E-state index contributed by atoms with van der Waals surface area (Å²) in [6, 6.07) is 11.7. The predicted octanol–water partition coefficient (Wildman–Crippen LogP) is 4.05. The second kappa shape index (κ2) is 5.03. The highest BCUT2D eigenvalue weighted by molar-refractivity contribution is 8.01. The van der Waals surface area contributed by atoms with Crippen molar-refractivity contribution in [3.05, 3.63) is 46.3 Å². The first-order valence-electron chi connectivity index (χ1n) is 4.41. The summed E-state index contributed by atoms with van der Waals surface area (Å²) in [6.07, 6.45) is 0. The number of aliphatic hydroxyl groups is 1. The normalized spacial score (nSPS) is 10.5. The Morgan fingerprint density at radius 2 is 1.87 bits per heavy atom. The molecule has 0 atom stereocenters. The highest BCUT2D eigenvalue weighted by Gasteiger charge is 2.01. The summed E-state index contributed by atoms with van der Waals surface area (Å²) in [4.78, 5) is 2.15. The number of benzene rings is 1. The topological polar surface area (TPSA) is 20.2 Å². The van der Waals surface area contributed by atoms with Gasteiger partial charge in [-0.1, -0.05) is 23.4 Å². The lowest BCUT2D eigenvalue weighted by Crippen LogP contribution is -1.70. The van der Waals surface area contributed by atoms with Crippen molar-refractivity contribution in [1.82, 2.24) is 0 Å². The molecule has 0 aliphatic heterocycles. The van der Waals surface area contributed by atoms with E-state index in [0.717, 1.165) is 14.8 Å². The van der Waals surface area contributed by atoms with Crippen molar-refractivity contribution < 1.29 is 5.11 Å². The molecule has 1 nitrogen and oxygen atoms in total. The van der Waals surface area contributed by atoms with Crippen LogP contribution in [-0.2, 0) is 6.61 Å². The fourth-order valence-corrected chi connectivity index (χ4v) is 3.25. The maximum atomic E-state index is 8.94. The highest BCUT2D eigenvalue weighted by Crippen LogP contribution is 2.33. The number of halogens is 1. The molecule has 2 aromatic rings. The van der Waals surface area contributed by atoms with Gasteiger partial charge in [0, 0.05) is 14.8 Å². The fourth-order valence-electron chi connectivity index (χ4n) is 1.12. The molecule has 15 heavy (non-hydrogen) atoms. The van der Waals surface area contributed by atoms with Crippen LogP contribution in [-0.4, -0.2) is 5.11 Å². The van der Waals surface area contributed by atoms with Crippen molar-refractivity contribution >= 4 is 34.7 Å². The summed E-state index contributed by atoms with van der Waals surface area (Å²) >= 11 is 9.09. The summed E-state index contributed by atoms with van der Waals surface area (Å²) in [5.74, 6) is 0. The summed E-state index contributed by atoms with van der Waals surface area (Å²) < 4.78 is 1.18. The molecule has 1 N–H and O–H groups in total. The SMILES string of the molecule is OCc1ccc(Sc2ccc(Cl)cc2)s1. The Kier molecular flexibility index (Phi) is 3.70. The molecule has 78 valence electrons. The van der Waals surface area contributed by atoms with Crippen LogP contribution >= 0.6 is 34.7 Å². The van der Waals surface area contributed by atoms with Crippen molar-refractivity contribution in [1.29, 1.82) is 0 Å². The molecular weight excluding hydrogens is 248 g/mol. The fraction of sp³-hybridized carbons (Fsp3) is 0.0909. The zero-order valence-corrected chi connectivity index (χ0v) is 10.2. The van der Waals surface area contributed by atoms with E-state index in [9.17, 15) is 0 Å². The standard InChI is InChI=1S/C11H9ClOS2/c12-8-1-3-9(4-2-8)14-11-6-5-10(7-13)15-11/h1-6,13H,7H2. The number of hydrogen-bond acceptors (Lipinski definition) is 3. The third-order valence-electron chi connectivity index (χ3n) is 1.82. The summed E-state index contributed by atoms with van der Waals surface area (Å²) in [5, 5.41) is 9.69. The quantitative estimate of drug-likeness (QED) is 0.894. The van der Waals surface area contributed by atoms with Crippen molar-refractivity contribution in [2.75, 3.05) is 0 Å². The lowest BCUT2D eigenvalue weighted by Gasteiger charge is -1.97. The van der Waals surface area contributed by atoms with Crippen LogP contribution in [0, 0.1) is 0 Å². The Balaban J connectivity index is 2.11. The third kappa shape index (κ3) is 2.98. The minimum Gasteiger partial charge on any atom is -0.391 e. The van der Waals surface area contributed by atoms with Gasteiger partial charge in [-0.3, -0.25) is 0 Å². The van der Waals surface area contributed by atoms with E-state index in [1.165, 1.54) is 4.21 Å². The molecular formula is C11H9ClOS2. The molecule has 0 spiro atoms. The first-order chi connectivity index (χ1) is 7.28. The second-order valence-electron chi connectivity index (χ2n) is 2.93. The van der Waals surface area contributed by atoms with Crippen LogP contribution in [0.25, 0.3) is 0 Å². The summed E-state index contributed by atoms with van der Waals surface area (Å²) in [5.41, 5.74) is 0. The van der Waals surface area contributed by atoms with Gasteiger partial charge in [-0.15, -0.1) is 11.3 Å². The molecule has 4 heteroatoms. The molecule has 1 aromatic heterocycles.